The predicted octanol–water partition coefficient (Wildman–Crippen LogP) is 0.623. The maximum atomic E-state index is 12.4. The predicted molar refractivity (Wildman–Crippen MR) is 104 cm³/mol. The van der Waals surface area contributed by atoms with Crippen molar-refractivity contribution in [3.63, 3.8) is 0 Å². The molecule has 158 valence electrons. The first-order valence-electron chi connectivity index (χ1n) is 8.10. The minimum absolute atomic E-state index is 0.172. The lowest BCUT2D eigenvalue weighted by Crippen LogP contribution is -2.66. The van der Waals surface area contributed by atoms with E-state index in [1.54, 1.807) is 27.7 Å². The van der Waals surface area contributed by atoms with Gasteiger partial charge < -0.3 is 13.3 Å². The van der Waals surface area contributed by atoms with Crippen LogP contribution in [0.3, 0.4) is 0 Å². The maximum absolute atomic E-state index is 12.4. The Kier molecular flexibility index (Phi) is 8.92. The Balaban J connectivity index is 5.58. The molecule has 0 unspecified atom stereocenters. The molecule has 0 fully saturated rings. The zero-order valence-electron chi connectivity index (χ0n) is 17.2. The van der Waals surface area contributed by atoms with Crippen molar-refractivity contribution in [3.05, 3.63) is 0 Å². The first-order valence-corrected chi connectivity index (χ1v) is 13.8. The van der Waals surface area contributed by atoms with Crippen LogP contribution in [0, 0.1) is 0 Å². The lowest BCUT2D eigenvalue weighted by molar-refractivity contribution is 0.112. The number of rotatable bonds is 12. The van der Waals surface area contributed by atoms with Gasteiger partial charge in [0.1, 0.15) is 0 Å². The van der Waals surface area contributed by atoms with Crippen LogP contribution in [-0.4, -0.2) is 81.4 Å². The topological polar surface area (TPSA) is 111 Å². The average Bonchev–Trinajstić information content (AvgIpc) is 2.44. The van der Waals surface area contributed by atoms with Crippen LogP contribution in [0.25, 0.3) is 0 Å². The highest BCUT2D eigenvalue weighted by Crippen LogP contribution is 2.31. The molecule has 0 aromatic rings. The van der Waals surface area contributed by atoms with E-state index < -0.39 is 39.9 Å². The van der Waals surface area contributed by atoms with E-state index in [4.69, 9.17) is 13.3 Å². The second-order valence-corrected chi connectivity index (χ2v) is 14.0. The Labute approximate surface area is 159 Å². The van der Waals surface area contributed by atoms with Crippen LogP contribution < -0.4 is 4.72 Å². The van der Waals surface area contributed by atoms with E-state index in [2.05, 4.69) is 4.72 Å². The molecule has 0 radical (unpaired) electrons. The summed E-state index contributed by atoms with van der Waals surface area (Å²) in [6.45, 7) is 6.88. The van der Waals surface area contributed by atoms with Gasteiger partial charge in [-0.25, -0.2) is 21.6 Å². The summed E-state index contributed by atoms with van der Waals surface area (Å²) in [5, 5.41) is 0. The van der Waals surface area contributed by atoms with Crippen molar-refractivity contribution in [3.8, 4) is 0 Å². The molecule has 0 atom stereocenters. The third-order valence-corrected chi connectivity index (χ3v) is 9.92. The quantitative estimate of drug-likeness (QED) is 0.448. The molecule has 9 nitrogen and oxygen atoms in total. The van der Waals surface area contributed by atoms with Gasteiger partial charge in [-0.1, -0.05) is 0 Å². The van der Waals surface area contributed by atoms with Crippen LogP contribution in [0.1, 0.15) is 34.1 Å². The number of nitrogens with one attached hydrogen (secondary N) is 1. The van der Waals surface area contributed by atoms with Gasteiger partial charge in [0.25, 0.3) is 0 Å². The minimum Gasteiger partial charge on any atom is -0.377 e. The summed E-state index contributed by atoms with van der Waals surface area (Å²) >= 11 is 0. The van der Waals surface area contributed by atoms with E-state index in [0.717, 1.165) is 12.5 Å². The summed E-state index contributed by atoms with van der Waals surface area (Å²) in [4.78, 5) is 0. The normalized spacial score (nSPS) is 14.8. The largest absolute Gasteiger partial charge is 0.500 e. The molecular weight excluding hydrogens is 400 g/mol. The minimum atomic E-state index is -3.61. The standard InChI is InChI=1S/C14H34N2O7S2Si/c1-13(2,15-24(8,17)18)14(3,4)16(25(9,19)20)11-10-12-26(21-5,22-6)23-7/h15H,10-12H2,1-9H3. The number of sulfonamides is 2. The average molecular weight is 435 g/mol. The van der Waals surface area contributed by atoms with E-state index in [9.17, 15) is 16.8 Å². The van der Waals surface area contributed by atoms with Crippen molar-refractivity contribution in [2.75, 3.05) is 40.4 Å². The highest BCUT2D eigenvalue weighted by molar-refractivity contribution is 7.89. The maximum Gasteiger partial charge on any atom is 0.500 e. The van der Waals surface area contributed by atoms with Gasteiger partial charge in [0.15, 0.2) is 0 Å². The Bertz CT molecular complexity index is 651. The van der Waals surface area contributed by atoms with Crippen LogP contribution in [-0.2, 0) is 33.3 Å². The van der Waals surface area contributed by atoms with Gasteiger partial charge in [-0.3, -0.25) is 0 Å². The number of nitrogens with zero attached hydrogens (tertiary/aromatic N) is 1. The van der Waals surface area contributed by atoms with E-state index in [1.807, 2.05) is 0 Å². The number of hydrogen-bond acceptors (Lipinski definition) is 7. The fourth-order valence-electron chi connectivity index (χ4n) is 2.76. The lowest BCUT2D eigenvalue weighted by atomic mass is 9.83. The third kappa shape index (κ3) is 6.82. The molecule has 0 amide bonds. The van der Waals surface area contributed by atoms with Gasteiger partial charge in [-0.15, -0.1) is 0 Å². The van der Waals surface area contributed by atoms with Crippen LogP contribution in [0.15, 0.2) is 0 Å². The van der Waals surface area contributed by atoms with Crippen LogP contribution in [0.4, 0.5) is 0 Å². The summed E-state index contributed by atoms with van der Waals surface area (Å²) in [7, 11) is -5.46. The molecule has 0 aromatic heterocycles. The molecule has 26 heavy (non-hydrogen) atoms. The van der Waals surface area contributed by atoms with E-state index >= 15 is 0 Å². The van der Waals surface area contributed by atoms with Gasteiger partial charge in [0.2, 0.25) is 20.0 Å². The van der Waals surface area contributed by atoms with Crippen molar-refractivity contribution in [1.29, 1.82) is 0 Å². The van der Waals surface area contributed by atoms with E-state index in [1.165, 1.54) is 25.6 Å². The second kappa shape index (κ2) is 8.95. The Morgan fingerprint density at radius 2 is 1.35 bits per heavy atom. The molecule has 0 saturated heterocycles. The first kappa shape index (κ1) is 25.9. The Morgan fingerprint density at radius 1 is 0.923 bits per heavy atom. The molecule has 0 rings (SSSR count). The molecule has 1 N–H and O–H groups in total. The van der Waals surface area contributed by atoms with Gasteiger partial charge in [-0.05, 0) is 34.1 Å². The number of hydrogen-bond donors (Lipinski definition) is 1. The van der Waals surface area contributed by atoms with E-state index in [0.29, 0.717) is 12.5 Å². The van der Waals surface area contributed by atoms with Crippen molar-refractivity contribution in [2.24, 2.45) is 0 Å². The fourth-order valence-corrected chi connectivity index (χ4v) is 7.15. The molecule has 0 aromatic carbocycles. The lowest BCUT2D eigenvalue weighted by Gasteiger charge is -2.48. The Hall–Kier alpha value is -0.0831. The molecule has 0 heterocycles. The molecule has 0 saturated carbocycles. The summed E-state index contributed by atoms with van der Waals surface area (Å²) in [5.41, 5.74) is -2.07. The molecule has 0 bridgehead atoms. The smallest absolute Gasteiger partial charge is 0.377 e. The second-order valence-electron chi connectivity index (χ2n) is 7.29. The van der Waals surface area contributed by atoms with Gasteiger partial charge in [0, 0.05) is 45.0 Å². The monoisotopic (exact) mass is 434 g/mol. The first-order chi connectivity index (χ1) is 11.5. The third-order valence-electron chi connectivity index (χ3n) is 4.77. The van der Waals surface area contributed by atoms with Gasteiger partial charge in [-0.2, -0.15) is 4.31 Å². The molecular formula is C14H34N2O7S2Si. The van der Waals surface area contributed by atoms with Crippen LogP contribution in [0.2, 0.25) is 6.04 Å². The van der Waals surface area contributed by atoms with Crippen molar-refractivity contribution in [2.45, 2.75) is 51.2 Å². The van der Waals surface area contributed by atoms with Crippen molar-refractivity contribution >= 4 is 28.9 Å². The molecule has 12 heteroatoms. The van der Waals surface area contributed by atoms with Crippen LogP contribution >= 0.6 is 0 Å². The highest BCUT2D eigenvalue weighted by Gasteiger charge is 2.47. The molecule has 0 aliphatic heterocycles. The summed E-state index contributed by atoms with van der Waals surface area (Å²) < 4.78 is 68.2. The zero-order valence-corrected chi connectivity index (χ0v) is 19.9. The molecule has 0 aliphatic rings. The zero-order chi connectivity index (χ0) is 21.0. The van der Waals surface area contributed by atoms with Gasteiger partial charge in [0.05, 0.1) is 12.5 Å². The Morgan fingerprint density at radius 3 is 1.65 bits per heavy atom. The highest BCUT2D eigenvalue weighted by atomic mass is 32.2. The SMILES string of the molecule is CO[Si](CCCN(C(C)(C)C(C)(C)NS(C)(=O)=O)S(C)(=O)=O)(OC)OC. The van der Waals surface area contributed by atoms with E-state index in [-0.39, 0.29) is 6.54 Å². The molecule has 0 aliphatic carbocycles. The van der Waals surface area contributed by atoms with Crippen molar-refractivity contribution < 1.29 is 30.1 Å². The summed E-state index contributed by atoms with van der Waals surface area (Å²) in [6.07, 6.45) is 2.59. The summed E-state index contributed by atoms with van der Waals surface area (Å²) in [6, 6.07) is 0.429. The summed E-state index contributed by atoms with van der Waals surface area (Å²) in [5.74, 6) is 0. The van der Waals surface area contributed by atoms with Crippen LogP contribution in [0.5, 0.6) is 0 Å². The fraction of sp³-hybridized carbons (Fsp3) is 1.00. The molecule has 0 spiro atoms. The van der Waals surface area contributed by atoms with Gasteiger partial charge >= 0.3 is 8.80 Å². The van der Waals surface area contributed by atoms with Crippen molar-refractivity contribution in [1.82, 2.24) is 9.03 Å².